The Morgan fingerprint density at radius 3 is 2.33 bits per heavy atom. The van der Waals surface area contributed by atoms with Gasteiger partial charge in [-0.3, -0.25) is 4.79 Å². The number of pyridine rings is 1. The second kappa shape index (κ2) is 7.94. The number of carbonyl (C=O) groups is 1. The Balaban J connectivity index is 2.07. The molecule has 8 heteroatoms. The summed E-state index contributed by atoms with van der Waals surface area (Å²) in [5, 5.41) is 0. The predicted octanol–water partition coefficient (Wildman–Crippen LogP) is 1.17. The number of likely N-dealkylation sites (N-methyl/N-ethyl adjacent to an activating group) is 2. The first kappa shape index (κ1) is 18.7. The maximum absolute atomic E-state index is 12.5. The van der Waals surface area contributed by atoms with E-state index in [1.54, 1.807) is 29.0 Å². The summed E-state index contributed by atoms with van der Waals surface area (Å²) in [6.07, 6.45) is 3.18. The van der Waals surface area contributed by atoms with Crippen LogP contribution in [0.25, 0.3) is 0 Å². The third-order valence-corrected chi connectivity index (χ3v) is 6.19. The molecule has 0 unspecified atom stereocenters. The van der Waals surface area contributed by atoms with E-state index in [0.29, 0.717) is 32.0 Å². The van der Waals surface area contributed by atoms with E-state index in [1.807, 2.05) is 13.8 Å². The van der Waals surface area contributed by atoms with Gasteiger partial charge in [-0.05, 0) is 38.8 Å². The monoisotopic (exact) mass is 354 g/mol. The number of sulfonamides is 1. The average Bonchev–Trinajstić information content (AvgIpc) is 3.11. The molecule has 0 aliphatic carbocycles. The molecule has 0 N–H and O–H groups in total. The van der Waals surface area contributed by atoms with Crippen LogP contribution in [0, 0.1) is 0 Å². The van der Waals surface area contributed by atoms with E-state index in [2.05, 4.69) is 4.98 Å². The summed E-state index contributed by atoms with van der Waals surface area (Å²) in [6.45, 7) is 6.58. The Kier molecular flexibility index (Phi) is 6.17. The summed E-state index contributed by atoms with van der Waals surface area (Å²) >= 11 is 0. The zero-order valence-electron chi connectivity index (χ0n) is 14.6. The highest BCUT2D eigenvalue weighted by atomic mass is 32.2. The van der Waals surface area contributed by atoms with Gasteiger partial charge in [-0.15, -0.1) is 0 Å². The first-order valence-corrected chi connectivity index (χ1v) is 9.79. The third-order valence-electron chi connectivity index (χ3n) is 4.30. The molecular weight excluding hydrogens is 328 g/mol. The van der Waals surface area contributed by atoms with E-state index in [0.717, 1.165) is 12.8 Å². The lowest BCUT2D eigenvalue weighted by Gasteiger charge is -2.24. The predicted molar refractivity (Wildman–Crippen MR) is 93.4 cm³/mol. The van der Waals surface area contributed by atoms with Crippen molar-refractivity contribution in [2.75, 3.05) is 44.7 Å². The molecule has 2 rings (SSSR count). The minimum atomic E-state index is -3.45. The molecule has 1 saturated heterocycles. The molecule has 1 aromatic heterocycles. The molecule has 0 atom stereocenters. The van der Waals surface area contributed by atoms with Gasteiger partial charge in [0.15, 0.2) is 0 Å². The summed E-state index contributed by atoms with van der Waals surface area (Å²) < 4.78 is 26.4. The van der Waals surface area contributed by atoms with Crippen LogP contribution in [0.5, 0.6) is 0 Å². The van der Waals surface area contributed by atoms with Crippen LogP contribution in [0.4, 0.5) is 5.82 Å². The molecule has 0 saturated carbocycles. The van der Waals surface area contributed by atoms with Gasteiger partial charge in [-0.1, -0.05) is 0 Å². The fraction of sp³-hybridized carbons (Fsp3) is 0.625. The zero-order valence-corrected chi connectivity index (χ0v) is 15.4. The number of aromatic nitrogens is 1. The fourth-order valence-electron chi connectivity index (χ4n) is 2.79. The van der Waals surface area contributed by atoms with E-state index in [4.69, 9.17) is 0 Å². The minimum Gasteiger partial charge on any atom is -0.350 e. The molecule has 2 heterocycles. The van der Waals surface area contributed by atoms with Crippen molar-refractivity contribution in [2.24, 2.45) is 0 Å². The Morgan fingerprint density at radius 2 is 1.83 bits per heavy atom. The number of amides is 1. The molecule has 134 valence electrons. The van der Waals surface area contributed by atoms with Gasteiger partial charge < -0.3 is 9.80 Å². The fourth-order valence-corrected chi connectivity index (χ4v) is 4.25. The van der Waals surface area contributed by atoms with Crippen LogP contribution in [-0.4, -0.2) is 68.3 Å². The van der Waals surface area contributed by atoms with Crippen LogP contribution in [0.2, 0.25) is 0 Å². The van der Waals surface area contributed by atoms with Crippen LogP contribution in [0.3, 0.4) is 0 Å². The summed E-state index contributed by atoms with van der Waals surface area (Å²) in [6, 6.07) is 3.22. The smallest absolute Gasteiger partial charge is 0.244 e. The van der Waals surface area contributed by atoms with Gasteiger partial charge >= 0.3 is 0 Å². The Morgan fingerprint density at radius 1 is 1.21 bits per heavy atom. The molecule has 1 aliphatic rings. The zero-order chi connectivity index (χ0) is 17.7. The van der Waals surface area contributed by atoms with Crippen molar-refractivity contribution in [2.45, 2.75) is 31.6 Å². The highest BCUT2D eigenvalue weighted by Gasteiger charge is 2.27. The lowest BCUT2D eigenvalue weighted by molar-refractivity contribution is -0.129. The van der Waals surface area contributed by atoms with E-state index < -0.39 is 10.0 Å². The van der Waals surface area contributed by atoms with Crippen molar-refractivity contribution in [3.05, 3.63) is 18.3 Å². The largest absolute Gasteiger partial charge is 0.350 e. The second-order valence-electron chi connectivity index (χ2n) is 5.89. The van der Waals surface area contributed by atoms with Crippen molar-refractivity contribution < 1.29 is 13.2 Å². The number of anilines is 1. The highest BCUT2D eigenvalue weighted by molar-refractivity contribution is 7.89. The summed E-state index contributed by atoms with van der Waals surface area (Å²) in [5.41, 5.74) is 0. The minimum absolute atomic E-state index is 0.0260. The Bertz CT molecular complexity index is 650. The SMILES string of the molecule is CCN(CC)C(=O)CN(C)c1ccc(S(=O)(=O)N2CCCC2)cn1. The molecule has 24 heavy (non-hydrogen) atoms. The lowest BCUT2D eigenvalue weighted by Crippen LogP contribution is -2.39. The Hall–Kier alpha value is -1.67. The molecular formula is C16H26N4O3S. The van der Waals surface area contributed by atoms with Crippen LogP contribution in [0.15, 0.2) is 23.2 Å². The molecule has 1 amide bonds. The maximum Gasteiger partial charge on any atom is 0.244 e. The first-order chi connectivity index (χ1) is 11.4. The standard InChI is InChI=1S/C16H26N4O3S/c1-4-19(5-2)16(21)13-18(3)15-9-8-14(12-17-15)24(22,23)20-10-6-7-11-20/h8-9,12H,4-7,10-11,13H2,1-3H3. The molecule has 0 spiro atoms. The van der Waals surface area contributed by atoms with Crippen molar-refractivity contribution in [1.82, 2.24) is 14.2 Å². The lowest BCUT2D eigenvalue weighted by atomic mass is 10.4. The normalized spacial score (nSPS) is 15.5. The van der Waals surface area contributed by atoms with Gasteiger partial charge in [0.1, 0.15) is 10.7 Å². The molecule has 7 nitrogen and oxygen atoms in total. The molecule has 1 aliphatic heterocycles. The van der Waals surface area contributed by atoms with Crippen LogP contribution >= 0.6 is 0 Å². The van der Waals surface area contributed by atoms with E-state index in [-0.39, 0.29) is 17.3 Å². The van der Waals surface area contributed by atoms with Crippen molar-refractivity contribution in [3.63, 3.8) is 0 Å². The van der Waals surface area contributed by atoms with Crippen molar-refractivity contribution in [3.8, 4) is 0 Å². The van der Waals surface area contributed by atoms with Gasteiger partial charge in [-0.2, -0.15) is 4.31 Å². The van der Waals surface area contributed by atoms with E-state index in [9.17, 15) is 13.2 Å². The van der Waals surface area contributed by atoms with Crippen LogP contribution < -0.4 is 4.90 Å². The van der Waals surface area contributed by atoms with Gasteiger partial charge in [-0.25, -0.2) is 13.4 Å². The topological polar surface area (TPSA) is 73.8 Å². The first-order valence-electron chi connectivity index (χ1n) is 8.35. The molecule has 0 aromatic carbocycles. The second-order valence-corrected chi connectivity index (χ2v) is 7.82. The number of hydrogen-bond donors (Lipinski definition) is 0. The quantitative estimate of drug-likeness (QED) is 0.735. The van der Waals surface area contributed by atoms with Crippen molar-refractivity contribution >= 4 is 21.7 Å². The van der Waals surface area contributed by atoms with Crippen molar-refractivity contribution in [1.29, 1.82) is 0 Å². The number of rotatable bonds is 7. The Labute approximate surface area is 144 Å². The number of hydrogen-bond acceptors (Lipinski definition) is 5. The van der Waals surface area contributed by atoms with Crippen LogP contribution in [0.1, 0.15) is 26.7 Å². The number of carbonyl (C=O) groups excluding carboxylic acids is 1. The molecule has 0 bridgehead atoms. The van der Waals surface area contributed by atoms with Gasteiger partial charge in [0, 0.05) is 39.4 Å². The summed E-state index contributed by atoms with van der Waals surface area (Å²) in [7, 11) is -1.67. The van der Waals surface area contributed by atoms with E-state index >= 15 is 0 Å². The highest BCUT2D eigenvalue weighted by Crippen LogP contribution is 2.21. The maximum atomic E-state index is 12.5. The average molecular weight is 354 g/mol. The van der Waals surface area contributed by atoms with Crippen LogP contribution in [-0.2, 0) is 14.8 Å². The van der Waals surface area contributed by atoms with Gasteiger partial charge in [0.2, 0.25) is 15.9 Å². The molecule has 1 fully saturated rings. The summed E-state index contributed by atoms with van der Waals surface area (Å²) in [4.78, 5) is 20.1. The molecule has 0 radical (unpaired) electrons. The third kappa shape index (κ3) is 4.05. The molecule has 1 aromatic rings. The summed E-state index contributed by atoms with van der Waals surface area (Å²) in [5.74, 6) is 0.606. The van der Waals surface area contributed by atoms with Gasteiger partial charge in [0.25, 0.3) is 0 Å². The number of nitrogens with zero attached hydrogens (tertiary/aromatic N) is 4. The van der Waals surface area contributed by atoms with E-state index in [1.165, 1.54) is 10.5 Å². The van der Waals surface area contributed by atoms with Gasteiger partial charge in [0.05, 0.1) is 6.54 Å².